The second-order valence-electron chi connectivity index (χ2n) is 6.54. The van der Waals surface area contributed by atoms with Crippen molar-refractivity contribution in [1.29, 1.82) is 0 Å². The van der Waals surface area contributed by atoms with Gasteiger partial charge in [-0.1, -0.05) is 34.6 Å². The lowest BCUT2D eigenvalue weighted by molar-refractivity contribution is -0.165. The van der Waals surface area contributed by atoms with Gasteiger partial charge in [0.15, 0.2) is 0 Å². The Kier molecular flexibility index (Phi) is 3.18. The van der Waals surface area contributed by atoms with Crippen molar-refractivity contribution in [1.82, 2.24) is 0 Å². The molecule has 0 saturated heterocycles. The van der Waals surface area contributed by atoms with Crippen LogP contribution < -0.4 is 0 Å². The fraction of sp³-hybridized carbons (Fsp3) is 0.923. The van der Waals surface area contributed by atoms with Gasteiger partial charge in [-0.3, -0.25) is 4.79 Å². The van der Waals surface area contributed by atoms with Crippen LogP contribution in [0.2, 0.25) is 0 Å². The number of rotatable bonds is 1. The molecule has 0 radical (unpaired) electrons. The Morgan fingerprint density at radius 1 is 1.27 bits per heavy atom. The molecule has 0 aromatic carbocycles. The fourth-order valence-electron chi connectivity index (χ4n) is 3.61. The van der Waals surface area contributed by atoms with Crippen molar-refractivity contribution in [2.45, 2.75) is 60.5 Å². The lowest BCUT2D eigenvalue weighted by atomic mass is 9.60. The maximum absolute atomic E-state index is 11.1. The second kappa shape index (κ2) is 3.80. The van der Waals surface area contributed by atoms with E-state index in [4.69, 9.17) is 4.74 Å². The van der Waals surface area contributed by atoms with Crippen molar-refractivity contribution < 1.29 is 9.53 Å². The van der Waals surface area contributed by atoms with Gasteiger partial charge in [-0.2, -0.15) is 0 Å². The summed E-state index contributed by atoms with van der Waals surface area (Å²) in [5.74, 6) is 0.298. The van der Waals surface area contributed by atoms with Crippen molar-refractivity contribution in [2.75, 3.05) is 0 Å². The molecule has 1 rings (SSSR count). The van der Waals surface area contributed by atoms with E-state index in [0.717, 1.165) is 12.8 Å². The lowest BCUT2D eigenvalue weighted by Gasteiger charge is -2.49. The zero-order chi connectivity index (χ0) is 11.9. The van der Waals surface area contributed by atoms with E-state index >= 15 is 0 Å². The molecular formula is C13H24O2. The fourth-order valence-corrected chi connectivity index (χ4v) is 3.61. The predicted octanol–water partition coefficient (Wildman–Crippen LogP) is 3.40. The molecule has 1 saturated carbocycles. The summed E-state index contributed by atoms with van der Waals surface area (Å²) in [5.41, 5.74) is 0.451. The molecule has 1 aliphatic carbocycles. The van der Waals surface area contributed by atoms with Crippen LogP contribution in [0.4, 0.5) is 0 Å². The van der Waals surface area contributed by atoms with Crippen LogP contribution in [-0.2, 0) is 9.53 Å². The van der Waals surface area contributed by atoms with Gasteiger partial charge < -0.3 is 4.74 Å². The summed E-state index contributed by atoms with van der Waals surface area (Å²) < 4.78 is 5.47. The maximum atomic E-state index is 11.1. The van der Waals surface area contributed by atoms with Crippen LogP contribution in [0.1, 0.15) is 54.4 Å². The molecule has 88 valence electrons. The van der Waals surface area contributed by atoms with E-state index in [1.807, 2.05) is 0 Å². The van der Waals surface area contributed by atoms with Gasteiger partial charge in [-0.05, 0) is 24.2 Å². The Labute approximate surface area is 93.4 Å². The van der Waals surface area contributed by atoms with Crippen molar-refractivity contribution in [3.63, 3.8) is 0 Å². The third-order valence-corrected chi connectivity index (χ3v) is 3.39. The standard InChI is InChI=1S/C13H24O2/c1-9-7-12(3,4)8-13(5,6)11(9)15-10(2)14/h9,11H,7-8H2,1-6H3. The summed E-state index contributed by atoms with van der Waals surface area (Å²) in [6.45, 7) is 12.7. The van der Waals surface area contributed by atoms with E-state index in [1.165, 1.54) is 6.92 Å². The molecule has 0 bridgehead atoms. The Morgan fingerprint density at radius 2 is 1.80 bits per heavy atom. The molecule has 0 aromatic heterocycles. The van der Waals surface area contributed by atoms with Crippen LogP contribution in [0.3, 0.4) is 0 Å². The number of hydrogen-bond acceptors (Lipinski definition) is 2. The third kappa shape index (κ3) is 2.96. The average Bonchev–Trinajstić information content (AvgIpc) is 1.93. The highest BCUT2D eigenvalue weighted by Gasteiger charge is 2.46. The predicted molar refractivity (Wildman–Crippen MR) is 61.5 cm³/mol. The summed E-state index contributed by atoms with van der Waals surface area (Å²) >= 11 is 0. The first-order valence-corrected chi connectivity index (χ1v) is 5.81. The molecule has 0 aliphatic heterocycles. The minimum atomic E-state index is -0.153. The maximum Gasteiger partial charge on any atom is 0.302 e. The molecule has 0 amide bonds. The number of ether oxygens (including phenoxy) is 1. The Morgan fingerprint density at radius 3 is 2.20 bits per heavy atom. The van der Waals surface area contributed by atoms with Gasteiger partial charge in [0.25, 0.3) is 0 Å². The van der Waals surface area contributed by atoms with Crippen LogP contribution in [0.15, 0.2) is 0 Å². The summed E-state index contributed by atoms with van der Waals surface area (Å²) in [5, 5.41) is 0. The molecule has 0 N–H and O–H groups in total. The van der Waals surface area contributed by atoms with Gasteiger partial charge in [-0.25, -0.2) is 0 Å². The zero-order valence-electron chi connectivity index (χ0n) is 10.9. The van der Waals surface area contributed by atoms with Crippen LogP contribution in [0.25, 0.3) is 0 Å². The van der Waals surface area contributed by atoms with E-state index in [9.17, 15) is 4.79 Å². The van der Waals surface area contributed by atoms with Crippen molar-refractivity contribution in [2.24, 2.45) is 16.7 Å². The molecule has 1 aliphatic rings. The van der Waals surface area contributed by atoms with Crippen LogP contribution >= 0.6 is 0 Å². The first kappa shape index (κ1) is 12.5. The molecule has 1 fully saturated rings. The highest BCUT2D eigenvalue weighted by Crippen LogP contribution is 2.49. The summed E-state index contributed by atoms with van der Waals surface area (Å²) in [6, 6.07) is 0. The van der Waals surface area contributed by atoms with Gasteiger partial charge in [0.05, 0.1) is 0 Å². The smallest absolute Gasteiger partial charge is 0.302 e. The van der Waals surface area contributed by atoms with Crippen molar-refractivity contribution in [3.05, 3.63) is 0 Å². The lowest BCUT2D eigenvalue weighted by Crippen LogP contribution is -2.47. The molecule has 15 heavy (non-hydrogen) atoms. The third-order valence-electron chi connectivity index (χ3n) is 3.39. The number of hydrogen-bond donors (Lipinski definition) is 0. The van der Waals surface area contributed by atoms with Crippen molar-refractivity contribution in [3.8, 4) is 0 Å². The number of esters is 1. The van der Waals surface area contributed by atoms with E-state index < -0.39 is 0 Å². The van der Waals surface area contributed by atoms with Crippen LogP contribution in [0, 0.1) is 16.7 Å². The number of carbonyl (C=O) groups is 1. The molecule has 2 nitrogen and oxygen atoms in total. The van der Waals surface area contributed by atoms with Gasteiger partial charge in [-0.15, -0.1) is 0 Å². The van der Waals surface area contributed by atoms with Crippen LogP contribution in [0.5, 0.6) is 0 Å². The molecular weight excluding hydrogens is 188 g/mol. The Hall–Kier alpha value is -0.530. The Balaban J connectivity index is 2.84. The molecule has 2 unspecified atom stereocenters. The second-order valence-corrected chi connectivity index (χ2v) is 6.54. The van der Waals surface area contributed by atoms with Gasteiger partial charge in [0.2, 0.25) is 0 Å². The highest BCUT2D eigenvalue weighted by atomic mass is 16.5. The first-order valence-electron chi connectivity index (χ1n) is 5.81. The first-order chi connectivity index (χ1) is 6.64. The van der Waals surface area contributed by atoms with Crippen LogP contribution in [-0.4, -0.2) is 12.1 Å². The minimum Gasteiger partial charge on any atom is -0.462 e. The van der Waals surface area contributed by atoms with E-state index in [0.29, 0.717) is 11.3 Å². The normalized spacial score (nSPS) is 33.5. The van der Waals surface area contributed by atoms with Gasteiger partial charge in [0, 0.05) is 12.3 Å². The Bertz CT molecular complexity index is 253. The SMILES string of the molecule is CC(=O)OC1C(C)CC(C)(C)CC1(C)C. The molecule has 0 aromatic rings. The summed E-state index contributed by atoms with van der Waals surface area (Å²) in [6.07, 6.45) is 2.32. The van der Waals surface area contributed by atoms with E-state index in [1.54, 1.807) is 0 Å². The summed E-state index contributed by atoms with van der Waals surface area (Å²) in [7, 11) is 0. The quantitative estimate of drug-likeness (QED) is 0.623. The molecule has 2 atom stereocenters. The van der Waals surface area contributed by atoms with E-state index in [-0.39, 0.29) is 17.5 Å². The monoisotopic (exact) mass is 212 g/mol. The zero-order valence-corrected chi connectivity index (χ0v) is 10.9. The minimum absolute atomic E-state index is 0.0722. The molecule has 0 heterocycles. The average molecular weight is 212 g/mol. The largest absolute Gasteiger partial charge is 0.462 e. The highest BCUT2D eigenvalue weighted by molar-refractivity contribution is 5.66. The van der Waals surface area contributed by atoms with Crippen molar-refractivity contribution >= 4 is 5.97 Å². The number of carbonyl (C=O) groups excluding carboxylic acids is 1. The van der Waals surface area contributed by atoms with Gasteiger partial charge >= 0.3 is 5.97 Å². The van der Waals surface area contributed by atoms with E-state index in [2.05, 4.69) is 34.6 Å². The topological polar surface area (TPSA) is 26.3 Å². The molecule has 2 heteroatoms. The van der Waals surface area contributed by atoms with Gasteiger partial charge in [0.1, 0.15) is 6.10 Å². The molecule has 0 spiro atoms. The summed E-state index contributed by atoms with van der Waals surface area (Å²) in [4.78, 5) is 11.1.